The number of hydrogen-bond acceptors (Lipinski definition) is 3. The van der Waals surface area contributed by atoms with Gasteiger partial charge in [0.25, 0.3) is 15.9 Å². The molecule has 0 unspecified atom stereocenters. The van der Waals surface area contributed by atoms with E-state index in [1.807, 2.05) is 0 Å². The number of aryl methyl sites for hydroxylation is 1. The summed E-state index contributed by atoms with van der Waals surface area (Å²) in [7, 11) is -4.37. The molecule has 7 heteroatoms. The first kappa shape index (κ1) is 15.3. The smallest absolute Gasteiger partial charge is 0.267 e. The molecule has 0 spiro atoms. The normalized spacial score (nSPS) is 12.4. The van der Waals surface area contributed by atoms with Gasteiger partial charge < -0.3 is 0 Å². The molecule has 0 aromatic heterocycles. The topological polar surface area (TPSA) is 63.2 Å². The third-order valence-corrected chi connectivity index (χ3v) is 3.87. The molecular formula is C12H13F2NO3S. The van der Waals surface area contributed by atoms with E-state index in [2.05, 4.69) is 0 Å². The predicted octanol–water partition coefficient (Wildman–Crippen LogP) is 2.04. The van der Waals surface area contributed by atoms with Crippen LogP contribution in [0.2, 0.25) is 0 Å². The van der Waals surface area contributed by atoms with Gasteiger partial charge in [-0.1, -0.05) is 6.08 Å². The average molecular weight is 289 g/mol. The van der Waals surface area contributed by atoms with Gasteiger partial charge in [0.1, 0.15) is 16.5 Å². The van der Waals surface area contributed by atoms with Crippen molar-refractivity contribution in [2.24, 2.45) is 0 Å². The number of sulfonamides is 1. The molecule has 0 fully saturated rings. The number of hydrogen-bond donors (Lipinski definition) is 1. The quantitative estimate of drug-likeness (QED) is 0.866. The lowest BCUT2D eigenvalue weighted by Crippen LogP contribution is -2.31. The fourth-order valence-electron chi connectivity index (χ4n) is 1.23. The second-order valence-electron chi connectivity index (χ2n) is 3.94. The fourth-order valence-corrected chi connectivity index (χ4v) is 2.39. The zero-order valence-electron chi connectivity index (χ0n) is 10.6. The Balaban J connectivity index is 3.22. The van der Waals surface area contributed by atoms with Crippen molar-refractivity contribution in [2.75, 3.05) is 0 Å². The summed E-state index contributed by atoms with van der Waals surface area (Å²) in [5.74, 6) is -2.96. The second kappa shape index (κ2) is 5.48. The van der Waals surface area contributed by atoms with Crippen molar-refractivity contribution in [1.29, 1.82) is 0 Å². The maximum absolute atomic E-state index is 13.5. The summed E-state index contributed by atoms with van der Waals surface area (Å²) in [6.45, 7) is 4.27. The lowest BCUT2D eigenvalue weighted by molar-refractivity contribution is -0.115. The third-order valence-electron chi connectivity index (χ3n) is 2.52. The molecule has 4 nitrogen and oxygen atoms in total. The molecule has 0 heterocycles. The molecular weight excluding hydrogens is 276 g/mol. The van der Waals surface area contributed by atoms with Gasteiger partial charge in [-0.15, -0.1) is 0 Å². The number of amides is 1. The Morgan fingerprint density at radius 1 is 1.26 bits per heavy atom. The highest BCUT2D eigenvalue weighted by Gasteiger charge is 2.23. The van der Waals surface area contributed by atoms with Crippen LogP contribution in [0.5, 0.6) is 0 Å². The minimum absolute atomic E-state index is 0.0306. The van der Waals surface area contributed by atoms with Crippen LogP contribution in [0.15, 0.2) is 28.7 Å². The van der Waals surface area contributed by atoms with Crippen LogP contribution in [0.4, 0.5) is 8.78 Å². The SMILES string of the molecule is C/C=C(\C)C(=O)NS(=O)(=O)c1cc(C)c(F)cc1F. The average Bonchev–Trinajstić information content (AvgIpc) is 2.31. The Kier molecular flexibility index (Phi) is 4.41. The van der Waals surface area contributed by atoms with Gasteiger partial charge in [-0.25, -0.2) is 21.9 Å². The minimum Gasteiger partial charge on any atom is -0.269 e. The molecule has 0 bridgehead atoms. The summed E-state index contributed by atoms with van der Waals surface area (Å²) in [4.78, 5) is 10.7. The summed E-state index contributed by atoms with van der Waals surface area (Å²) < 4.78 is 51.9. The number of carbonyl (C=O) groups excluding carboxylic acids is 1. The van der Waals surface area contributed by atoms with Crippen molar-refractivity contribution in [2.45, 2.75) is 25.7 Å². The molecule has 0 saturated carbocycles. The first-order valence-corrected chi connectivity index (χ1v) is 6.83. The van der Waals surface area contributed by atoms with Gasteiger partial charge in [-0.05, 0) is 32.4 Å². The summed E-state index contributed by atoms with van der Waals surface area (Å²) in [5.41, 5.74) is 0.139. The van der Waals surface area contributed by atoms with E-state index in [1.54, 1.807) is 11.6 Å². The fraction of sp³-hybridized carbons (Fsp3) is 0.250. The van der Waals surface area contributed by atoms with Crippen LogP contribution in [0.3, 0.4) is 0 Å². The monoisotopic (exact) mass is 289 g/mol. The van der Waals surface area contributed by atoms with E-state index in [9.17, 15) is 22.0 Å². The summed E-state index contributed by atoms with van der Waals surface area (Å²) in [5, 5.41) is 0. The highest BCUT2D eigenvalue weighted by molar-refractivity contribution is 7.90. The zero-order valence-corrected chi connectivity index (χ0v) is 11.4. The van der Waals surface area contributed by atoms with E-state index in [0.29, 0.717) is 6.07 Å². The first-order chi connectivity index (χ1) is 8.69. The maximum Gasteiger partial charge on any atom is 0.267 e. The molecule has 0 radical (unpaired) electrons. The Morgan fingerprint density at radius 3 is 2.37 bits per heavy atom. The van der Waals surface area contributed by atoms with E-state index in [0.717, 1.165) is 6.07 Å². The van der Waals surface area contributed by atoms with Crippen LogP contribution in [-0.2, 0) is 14.8 Å². The molecule has 0 aliphatic carbocycles. The molecule has 0 atom stereocenters. The molecule has 0 saturated heterocycles. The highest BCUT2D eigenvalue weighted by atomic mass is 32.2. The standard InChI is InChI=1S/C12H13F2NO3S/c1-4-7(2)12(16)15-19(17,18)11-5-8(3)9(13)6-10(11)14/h4-6H,1-3H3,(H,15,16)/b7-4+. The number of nitrogens with one attached hydrogen (secondary N) is 1. The van der Waals surface area contributed by atoms with Crippen molar-refractivity contribution in [1.82, 2.24) is 4.72 Å². The van der Waals surface area contributed by atoms with Crippen LogP contribution in [0, 0.1) is 18.6 Å². The molecule has 1 amide bonds. The van der Waals surface area contributed by atoms with E-state index in [1.165, 1.54) is 19.9 Å². The van der Waals surface area contributed by atoms with Crippen LogP contribution >= 0.6 is 0 Å². The van der Waals surface area contributed by atoms with Crippen LogP contribution in [-0.4, -0.2) is 14.3 Å². The van der Waals surface area contributed by atoms with Crippen molar-refractivity contribution in [3.05, 3.63) is 41.0 Å². The van der Waals surface area contributed by atoms with Crippen LogP contribution in [0.25, 0.3) is 0 Å². The largest absolute Gasteiger partial charge is 0.269 e. The van der Waals surface area contributed by atoms with Gasteiger partial charge in [0.05, 0.1) is 0 Å². The van der Waals surface area contributed by atoms with Gasteiger partial charge in [0, 0.05) is 11.6 Å². The van der Waals surface area contributed by atoms with Gasteiger partial charge in [0.15, 0.2) is 0 Å². The first-order valence-electron chi connectivity index (χ1n) is 5.34. The third kappa shape index (κ3) is 3.37. The summed E-state index contributed by atoms with van der Waals surface area (Å²) in [6, 6.07) is 1.31. The number of halogens is 2. The van der Waals surface area contributed by atoms with Crippen LogP contribution < -0.4 is 4.72 Å². The Morgan fingerprint density at radius 2 is 1.84 bits per heavy atom. The molecule has 104 valence electrons. The van der Waals surface area contributed by atoms with Gasteiger partial charge in [-0.2, -0.15) is 0 Å². The van der Waals surface area contributed by atoms with Crippen LogP contribution in [0.1, 0.15) is 19.4 Å². The second-order valence-corrected chi connectivity index (χ2v) is 5.59. The summed E-state index contributed by atoms with van der Waals surface area (Å²) >= 11 is 0. The van der Waals surface area contributed by atoms with E-state index < -0.39 is 32.5 Å². The zero-order chi connectivity index (χ0) is 14.8. The molecule has 1 N–H and O–H groups in total. The lowest BCUT2D eigenvalue weighted by Gasteiger charge is -2.09. The molecule has 1 aromatic rings. The Labute approximate surface area is 110 Å². The number of carbonyl (C=O) groups is 1. The number of benzene rings is 1. The molecule has 0 aliphatic rings. The Bertz CT molecular complexity index is 651. The van der Waals surface area contributed by atoms with Crippen molar-refractivity contribution in [3.8, 4) is 0 Å². The van der Waals surface area contributed by atoms with E-state index >= 15 is 0 Å². The Hall–Kier alpha value is -1.76. The predicted molar refractivity (Wildman–Crippen MR) is 65.9 cm³/mol. The molecule has 1 rings (SSSR count). The van der Waals surface area contributed by atoms with E-state index in [-0.39, 0.29) is 11.1 Å². The van der Waals surface area contributed by atoms with Gasteiger partial charge in [-0.3, -0.25) is 4.79 Å². The highest BCUT2D eigenvalue weighted by Crippen LogP contribution is 2.19. The van der Waals surface area contributed by atoms with Gasteiger partial charge >= 0.3 is 0 Å². The maximum atomic E-state index is 13.5. The number of rotatable bonds is 3. The molecule has 19 heavy (non-hydrogen) atoms. The molecule has 0 aliphatic heterocycles. The van der Waals surface area contributed by atoms with E-state index in [4.69, 9.17) is 0 Å². The van der Waals surface area contributed by atoms with Gasteiger partial charge in [0.2, 0.25) is 0 Å². The number of allylic oxidation sites excluding steroid dienone is 1. The van der Waals surface area contributed by atoms with Crippen molar-refractivity contribution < 1.29 is 22.0 Å². The minimum atomic E-state index is -4.37. The summed E-state index contributed by atoms with van der Waals surface area (Å²) in [6.07, 6.45) is 1.41. The van der Waals surface area contributed by atoms with Crippen molar-refractivity contribution >= 4 is 15.9 Å². The molecule has 1 aromatic carbocycles. The lowest BCUT2D eigenvalue weighted by atomic mass is 10.2. The van der Waals surface area contributed by atoms with Crippen molar-refractivity contribution in [3.63, 3.8) is 0 Å².